The van der Waals surface area contributed by atoms with Crippen LogP contribution >= 0.6 is 23.2 Å². The van der Waals surface area contributed by atoms with Crippen molar-refractivity contribution in [3.63, 3.8) is 0 Å². The molecule has 1 aliphatic heterocycles. The molecule has 1 N–H and O–H groups in total. The van der Waals surface area contributed by atoms with E-state index in [1.54, 1.807) is 19.2 Å². The zero-order chi connectivity index (χ0) is 17.1. The molecule has 126 valence electrons. The van der Waals surface area contributed by atoms with E-state index in [9.17, 15) is 4.79 Å². The minimum absolute atomic E-state index is 0.0577. The average molecular weight is 365 g/mol. The number of rotatable bonds is 5. The fourth-order valence-electron chi connectivity index (χ4n) is 2.79. The van der Waals surface area contributed by atoms with E-state index in [4.69, 9.17) is 27.9 Å². The van der Waals surface area contributed by atoms with E-state index in [2.05, 4.69) is 5.32 Å². The molecule has 0 aromatic heterocycles. The lowest BCUT2D eigenvalue weighted by atomic mass is 10.2. The van der Waals surface area contributed by atoms with Crippen LogP contribution in [-0.4, -0.2) is 24.1 Å². The molecule has 4 nitrogen and oxygen atoms in total. The standard InChI is InChI=1S/C18H18Cl2N2O2/c1-24-15-6-4-14(5-7-15)21-17-8-9-18(23)22(17)11-12-2-3-13(19)10-16(12)20/h2-7,10,17,21H,8-9,11H2,1H3/t17-/m1/s1. The van der Waals surface area contributed by atoms with Crippen molar-refractivity contribution in [1.29, 1.82) is 0 Å². The first-order valence-corrected chi connectivity index (χ1v) is 8.46. The van der Waals surface area contributed by atoms with E-state index < -0.39 is 0 Å². The summed E-state index contributed by atoms with van der Waals surface area (Å²) in [6.07, 6.45) is 1.23. The highest BCUT2D eigenvalue weighted by atomic mass is 35.5. The molecule has 6 heteroatoms. The molecular weight excluding hydrogens is 347 g/mol. The topological polar surface area (TPSA) is 41.6 Å². The Bertz CT molecular complexity index is 734. The molecule has 2 aromatic carbocycles. The molecule has 2 aromatic rings. The van der Waals surface area contributed by atoms with Crippen molar-refractivity contribution < 1.29 is 9.53 Å². The molecule has 0 radical (unpaired) electrons. The Balaban J connectivity index is 1.73. The van der Waals surface area contributed by atoms with Crippen molar-refractivity contribution in [2.24, 2.45) is 0 Å². The Hall–Kier alpha value is -1.91. The maximum atomic E-state index is 12.3. The smallest absolute Gasteiger partial charge is 0.224 e. The van der Waals surface area contributed by atoms with Gasteiger partial charge in [0.2, 0.25) is 5.91 Å². The second-order valence-electron chi connectivity index (χ2n) is 5.68. The summed E-state index contributed by atoms with van der Waals surface area (Å²) in [4.78, 5) is 14.1. The molecule has 1 aliphatic rings. The summed E-state index contributed by atoms with van der Waals surface area (Å²) in [5.74, 6) is 0.917. The first-order valence-electron chi connectivity index (χ1n) is 7.71. The molecule has 3 rings (SSSR count). The maximum Gasteiger partial charge on any atom is 0.224 e. The fraction of sp³-hybridized carbons (Fsp3) is 0.278. The van der Waals surface area contributed by atoms with Crippen molar-refractivity contribution >= 4 is 34.8 Å². The van der Waals surface area contributed by atoms with E-state index in [0.717, 1.165) is 23.4 Å². The average Bonchev–Trinajstić information content (AvgIpc) is 2.91. The Kier molecular flexibility index (Phi) is 5.17. The van der Waals surface area contributed by atoms with Gasteiger partial charge in [-0.05, 0) is 48.4 Å². The molecule has 0 spiro atoms. The van der Waals surface area contributed by atoms with Gasteiger partial charge in [-0.25, -0.2) is 0 Å². The van der Waals surface area contributed by atoms with E-state index >= 15 is 0 Å². The number of hydrogen-bond acceptors (Lipinski definition) is 3. The summed E-state index contributed by atoms with van der Waals surface area (Å²) < 4.78 is 5.16. The number of benzene rings is 2. The third-order valence-electron chi connectivity index (χ3n) is 4.11. The summed E-state index contributed by atoms with van der Waals surface area (Å²) in [6.45, 7) is 0.461. The van der Waals surface area contributed by atoms with Crippen molar-refractivity contribution in [3.05, 3.63) is 58.1 Å². The van der Waals surface area contributed by atoms with Crippen LogP contribution in [0.1, 0.15) is 18.4 Å². The Morgan fingerprint density at radius 3 is 2.62 bits per heavy atom. The minimum Gasteiger partial charge on any atom is -0.497 e. The minimum atomic E-state index is -0.0577. The first-order chi connectivity index (χ1) is 11.6. The van der Waals surface area contributed by atoms with Crippen molar-refractivity contribution in [3.8, 4) is 5.75 Å². The van der Waals surface area contributed by atoms with Crippen LogP contribution in [0.15, 0.2) is 42.5 Å². The molecule has 0 unspecified atom stereocenters. The van der Waals surface area contributed by atoms with Gasteiger partial charge in [0.1, 0.15) is 11.9 Å². The Morgan fingerprint density at radius 2 is 1.96 bits per heavy atom. The van der Waals surface area contributed by atoms with E-state index in [-0.39, 0.29) is 12.1 Å². The second-order valence-corrected chi connectivity index (χ2v) is 6.53. The number of nitrogens with one attached hydrogen (secondary N) is 1. The number of hydrogen-bond donors (Lipinski definition) is 1. The number of carbonyl (C=O) groups excluding carboxylic acids is 1. The molecule has 1 amide bonds. The van der Waals surface area contributed by atoms with Gasteiger partial charge in [0.05, 0.1) is 7.11 Å². The molecular formula is C18H18Cl2N2O2. The number of ether oxygens (including phenoxy) is 1. The third-order valence-corrected chi connectivity index (χ3v) is 4.69. The number of methoxy groups -OCH3 is 1. The molecule has 0 bridgehead atoms. The molecule has 1 heterocycles. The van der Waals surface area contributed by atoms with Gasteiger partial charge in [-0.3, -0.25) is 4.79 Å². The monoisotopic (exact) mass is 364 g/mol. The summed E-state index contributed by atoms with van der Waals surface area (Å²) >= 11 is 12.2. The Labute approximate surface area is 151 Å². The predicted octanol–water partition coefficient (Wildman–Crippen LogP) is 4.56. The quantitative estimate of drug-likeness (QED) is 0.845. The van der Waals surface area contributed by atoms with Gasteiger partial charge in [0, 0.05) is 28.7 Å². The highest BCUT2D eigenvalue weighted by molar-refractivity contribution is 6.35. The number of likely N-dealkylation sites (tertiary alicyclic amines) is 1. The molecule has 1 saturated heterocycles. The lowest BCUT2D eigenvalue weighted by molar-refractivity contribution is -0.129. The van der Waals surface area contributed by atoms with Gasteiger partial charge >= 0.3 is 0 Å². The molecule has 0 saturated carbocycles. The van der Waals surface area contributed by atoms with E-state index in [1.165, 1.54) is 0 Å². The zero-order valence-corrected chi connectivity index (χ0v) is 14.8. The Morgan fingerprint density at radius 1 is 1.21 bits per heavy atom. The second kappa shape index (κ2) is 7.32. The number of carbonyl (C=O) groups is 1. The van der Waals surface area contributed by atoms with Crippen LogP contribution in [0.2, 0.25) is 10.0 Å². The van der Waals surface area contributed by atoms with Crippen LogP contribution in [0, 0.1) is 0 Å². The van der Waals surface area contributed by atoms with Crippen LogP contribution in [0.4, 0.5) is 5.69 Å². The normalized spacial score (nSPS) is 17.2. The molecule has 0 aliphatic carbocycles. The summed E-state index contributed by atoms with van der Waals surface area (Å²) in [5.41, 5.74) is 1.83. The highest BCUT2D eigenvalue weighted by Crippen LogP contribution is 2.28. The van der Waals surface area contributed by atoms with Crippen LogP contribution in [0.25, 0.3) is 0 Å². The van der Waals surface area contributed by atoms with Gasteiger partial charge in [-0.1, -0.05) is 29.3 Å². The largest absolute Gasteiger partial charge is 0.497 e. The van der Waals surface area contributed by atoms with Gasteiger partial charge in [0.25, 0.3) is 0 Å². The molecule has 24 heavy (non-hydrogen) atoms. The van der Waals surface area contributed by atoms with Crippen LogP contribution in [0.5, 0.6) is 5.75 Å². The van der Waals surface area contributed by atoms with Gasteiger partial charge in [-0.2, -0.15) is 0 Å². The molecule has 1 atom stereocenters. The van der Waals surface area contributed by atoms with Crippen molar-refractivity contribution in [2.75, 3.05) is 12.4 Å². The lowest BCUT2D eigenvalue weighted by Gasteiger charge is -2.27. The highest BCUT2D eigenvalue weighted by Gasteiger charge is 2.31. The maximum absolute atomic E-state index is 12.3. The summed E-state index contributed by atoms with van der Waals surface area (Å²) in [5, 5.41) is 4.57. The molecule has 1 fully saturated rings. The lowest BCUT2D eigenvalue weighted by Crippen LogP contribution is -2.37. The van der Waals surface area contributed by atoms with Gasteiger partial charge < -0.3 is 15.0 Å². The number of amides is 1. The van der Waals surface area contributed by atoms with Gasteiger partial charge in [0.15, 0.2) is 0 Å². The van der Waals surface area contributed by atoms with Crippen molar-refractivity contribution in [2.45, 2.75) is 25.6 Å². The van der Waals surface area contributed by atoms with Crippen LogP contribution in [-0.2, 0) is 11.3 Å². The van der Waals surface area contributed by atoms with E-state index in [1.807, 2.05) is 35.2 Å². The van der Waals surface area contributed by atoms with Crippen molar-refractivity contribution in [1.82, 2.24) is 4.90 Å². The predicted molar refractivity (Wildman–Crippen MR) is 96.7 cm³/mol. The van der Waals surface area contributed by atoms with Crippen LogP contribution < -0.4 is 10.1 Å². The summed E-state index contributed by atoms with van der Waals surface area (Å²) in [6, 6.07) is 13.0. The van der Waals surface area contributed by atoms with Gasteiger partial charge in [-0.15, -0.1) is 0 Å². The zero-order valence-electron chi connectivity index (χ0n) is 13.3. The van der Waals surface area contributed by atoms with Crippen LogP contribution in [0.3, 0.4) is 0 Å². The number of anilines is 1. The third kappa shape index (κ3) is 3.77. The number of nitrogens with zero attached hydrogens (tertiary/aromatic N) is 1. The first kappa shape index (κ1) is 16.9. The fourth-order valence-corrected chi connectivity index (χ4v) is 3.26. The number of halogens is 2. The summed E-state index contributed by atoms with van der Waals surface area (Å²) in [7, 11) is 1.63. The van der Waals surface area contributed by atoms with E-state index in [0.29, 0.717) is 23.0 Å². The SMILES string of the molecule is COc1ccc(N[C@H]2CCC(=O)N2Cc2ccc(Cl)cc2Cl)cc1.